The molecule has 0 spiro atoms. The molecule has 22 heavy (non-hydrogen) atoms. The van der Waals surface area contributed by atoms with Crippen LogP contribution in [0.1, 0.15) is 24.3 Å². The van der Waals surface area contributed by atoms with Crippen LogP contribution in [-0.4, -0.2) is 30.5 Å². The third-order valence-electron chi connectivity index (χ3n) is 3.33. The van der Waals surface area contributed by atoms with Crippen LogP contribution in [0.5, 0.6) is 0 Å². The van der Waals surface area contributed by atoms with Gasteiger partial charge in [0.15, 0.2) is 5.82 Å². The minimum absolute atomic E-state index is 0.00252. The third-order valence-corrected chi connectivity index (χ3v) is 4.72. The highest BCUT2D eigenvalue weighted by Crippen LogP contribution is 2.40. The Morgan fingerprint density at radius 1 is 1.45 bits per heavy atom. The Morgan fingerprint density at radius 3 is 2.86 bits per heavy atom. The van der Waals surface area contributed by atoms with Crippen LogP contribution in [0.25, 0.3) is 0 Å². The van der Waals surface area contributed by atoms with Crippen molar-refractivity contribution in [3.63, 3.8) is 0 Å². The fourth-order valence-electron chi connectivity index (χ4n) is 2.14. The van der Waals surface area contributed by atoms with E-state index in [1.165, 1.54) is 30.1 Å². The Balaban J connectivity index is 1.82. The minimum atomic E-state index is -4.05. The Kier molecular flexibility index (Phi) is 3.83. The molecule has 7 nitrogen and oxygen atoms in total. The average Bonchev–Trinajstić information content (AvgIpc) is 3.21. The largest absolute Gasteiger partial charge is 0.362 e. The molecular weight excluding hydrogens is 311 g/mol. The van der Waals surface area contributed by atoms with Crippen molar-refractivity contribution >= 4 is 15.8 Å². The van der Waals surface area contributed by atoms with Gasteiger partial charge in [0.25, 0.3) is 10.0 Å². The van der Waals surface area contributed by atoms with Gasteiger partial charge < -0.3 is 4.74 Å². The summed E-state index contributed by atoms with van der Waals surface area (Å²) in [6.07, 6.45) is 3.40. The molecule has 0 saturated heterocycles. The molecule has 0 amide bonds. The fraction of sp³-hybridized carbons (Fsp3) is 0.385. The van der Waals surface area contributed by atoms with E-state index in [2.05, 4.69) is 15.0 Å². The van der Waals surface area contributed by atoms with Gasteiger partial charge in [-0.3, -0.25) is 4.72 Å². The first-order valence-corrected chi connectivity index (χ1v) is 8.19. The van der Waals surface area contributed by atoms with Crippen molar-refractivity contribution < 1.29 is 17.5 Å². The maximum atomic E-state index is 14.1. The van der Waals surface area contributed by atoms with E-state index in [9.17, 15) is 12.8 Å². The molecule has 1 N–H and O–H groups in total. The van der Waals surface area contributed by atoms with Crippen molar-refractivity contribution in [3.05, 3.63) is 35.8 Å². The summed E-state index contributed by atoms with van der Waals surface area (Å²) >= 11 is 0. The zero-order chi connectivity index (χ0) is 15.7. The van der Waals surface area contributed by atoms with Crippen LogP contribution in [0, 0.1) is 5.82 Å². The molecule has 1 heterocycles. The lowest BCUT2D eigenvalue weighted by Crippen LogP contribution is -2.15. The number of benzene rings is 1. The summed E-state index contributed by atoms with van der Waals surface area (Å²) in [4.78, 5) is -0.404. The van der Waals surface area contributed by atoms with E-state index in [1.807, 2.05) is 0 Å². The maximum absolute atomic E-state index is 14.1. The number of rotatable bonds is 6. The Hall–Kier alpha value is -2.00. The summed E-state index contributed by atoms with van der Waals surface area (Å²) in [6.45, 7) is 0.138. The summed E-state index contributed by atoms with van der Waals surface area (Å²) in [6, 6.07) is 4.22. The molecule has 1 aromatic heterocycles. The van der Waals surface area contributed by atoms with E-state index < -0.39 is 20.7 Å². The van der Waals surface area contributed by atoms with Crippen LogP contribution in [0.2, 0.25) is 0 Å². The molecule has 1 aliphatic carbocycles. The smallest absolute Gasteiger partial charge is 0.266 e. The number of sulfonamides is 1. The second-order valence-corrected chi connectivity index (χ2v) is 6.78. The Bertz CT molecular complexity index is 786. The first-order chi connectivity index (χ1) is 10.5. The zero-order valence-electron chi connectivity index (χ0n) is 11.9. The fourth-order valence-corrected chi connectivity index (χ4v) is 3.18. The third kappa shape index (κ3) is 3.09. The topological polar surface area (TPSA) is 86.1 Å². The zero-order valence-corrected chi connectivity index (χ0v) is 12.7. The van der Waals surface area contributed by atoms with Crippen LogP contribution in [-0.2, 0) is 21.5 Å². The predicted octanol–water partition coefficient (Wildman–Crippen LogP) is 1.70. The molecule has 0 unspecified atom stereocenters. The van der Waals surface area contributed by atoms with E-state index >= 15 is 0 Å². The molecule has 1 aromatic carbocycles. The van der Waals surface area contributed by atoms with Gasteiger partial charge in [0.2, 0.25) is 0 Å². The summed E-state index contributed by atoms with van der Waals surface area (Å²) in [5.41, 5.74) is 0.836. The Morgan fingerprint density at radius 2 is 2.23 bits per heavy atom. The number of anilines is 1. The number of ether oxygens (including phenoxy) is 1. The lowest BCUT2D eigenvalue weighted by Gasteiger charge is -2.07. The number of nitrogens with one attached hydrogen (secondary N) is 1. The SMILES string of the molecule is COCn1cc(NS(=O)(=O)c2ccc(C3CC3)cc2F)nn1. The van der Waals surface area contributed by atoms with Gasteiger partial charge in [0.05, 0.1) is 6.20 Å². The number of methoxy groups -OCH3 is 1. The van der Waals surface area contributed by atoms with Crippen molar-refractivity contribution in [1.82, 2.24) is 15.0 Å². The highest BCUT2D eigenvalue weighted by Gasteiger charge is 2.26. The lowest BCUT2D eigenvalue weighted by atomic mass is 10.1. The van der Waals surface area contributed by atoms with Crippen LogP contribution >= 0.6 is 0 Å². The number of hydrogen-bond acceptors (Lipinski definition) is 5. The molecule has 0 atom stereocenters. The molecule has 0 bridgehead atoms. The molecule has 1 aliphatic rings. The van der Waals surface area contributed by atoms with Crippen LogP contribution in [0.15, 0.2) is 29.3 Å². The van der Waals surface area contributed by atoms with Gasteiger partial charge in [-0.25, -0.2) is 17.5 Å². The predicted molar refractivity (Wildman–Crippen MR) is 76.2 cm³/mol. The molecule has 3 rings (SSSR count). The van der Waals surface area contributed by atoms with Gasteiger partial charge in [-0.2, -0.15) is 0 Å². The Labute approximate surface area is 127 Å². The summed E-state index contributed by atoms with van der Waals surface area (Å²) in [7, 11) is -2.57. The van der Waals surface area contributed by atoms with E-state index in [-0.39, 0.29) is 12.5 Å². The second-order valence-electron chi connectivity index (χ2n) is 5.13. The number of hydrogen-bond donors (Lipinski definition) is 1. The molecular formula is C13H15FN4O3S. The van der Waals surface area contributed by atoms with Crippen molar-refractivity contribution in [3.8, 4) is 0 Å². The van der Waals surface area contributed by atoms with Gasteiger partial charge in [0.1, 0.15) is 17.4 Å². The molecule has 1 fully saturated rings. The van der Waals surface area contributed by atoms with E-state index in [0.29, 0.717) is 5.92 Å². The van der Waals surface area contributed by atoms with Crippen LogP contribution in [0.4, 0.5) is 10.2 Å². The normalized spacial score (nSPS) is 15.0. The van der Waals surface area contributed by atoms with Crippen molar-refractivity contribution in [2.75, 3.05) is 11.8 Å². The molecule has 0 radical (unpaired) electrons. The van der Waals surface area contributed by atoms with E-state index in [4.69, 9.17) is 4.74 Å². The molecule has 118 valence electrons. The maximum Gasteiger partial charge on any atom is 0.266 e. The quantitative estimate of drug-likeness (QED) is 0.873. The monoisotopic (exact) mass is 326 g/mol. The van der Waals surface area contributed by atoms with Crippen LogP contribution < -0.4 is 4.72 Å². The highest BCUT2D eigenvalue weighted by atomic mass is 32.2. The molecule has 1 saturated carbocycles. The lowest BCUT2D eigenvalue weighted by molar-refractivity contribution is 0.119. The number of nitrogens with zero attached hydrogens (tertiary/aromatic N) is 3. The van der Waals surface area contributed by atoms with E-state index in [1.54, 1.807) is 6.07 Å². The van der Waals surface area contributed by atoms with Gasteiger partial charge in [-0.05, 0) is 36.5 Å². The number of halogens is 1. The standard InChI is InChI=1S/C13H15FN4O3S/c1-21-8-18-7-13(15-17-18)16-22(19,20)12-5-4-10(6-11(12)14)9-2-3-9/h4-7,9,16H,2-3,8H2,1H3. The average molecular weight is 326 g/mol. The molecule has 9 heteroatoms. The first-order valence-electron chi connectivity index (χ1n) is 6.71. The summed E-state index contributed by atoms with van der Waals surface area (Å²) in [5.74, 6) is -0.406. The minimum Gasteiger partial charge on any atom is -0.362 e. The van der Waals surface area contributed by atoms with Gasteiger partial charge in [0, 0.05) is 7.11 Å². The van der Waals surface area contributed by atoms with Crippen molar-refractivity contribution in [2.24, 2.45) is 0 Å². The van der Waals surface area contributed by atoms with Crippen LogP contribution in [0.3, 0.4) is 0 Å². The van der Waals surface area contributed by atoms with Crippen molar-refractivity contribution in [2.45, 2.75) is 30.4 Å². The second kappa shape index (κ2) is 5.65. The van der Waals surface area contributed by atoms with E-state index in [0.717, 1.165) is 18.4 Å². The van der Waals surface area contributed by atoms with Crippen molar-refractivity contribution in [1.29, 1.82) is 0 Å². The first kappa shape index (κ1) is 14.9. The number of aromatic nitrogens is 3. The molecule has 0 aliphatic heterocycles. The van der Waals surface area contributed by atoms with Gasteiger partial charge >= 0.3 is 0 Å². The summed E-state index contributed by atoms with van der Waals surface area (Å²) < 4.78 is 46.9. The molecule has 2 aromatic rings. The van der Waals surface area contributed by atoms with Gasteiger partial charge in [-0.1, -0.05) is 11.3 Å². The summed E-state index contributed by atoms with van der Waals surface area (Å²) in [5, 5.41) is 7.32. The highest BCUT2D eigenvalue weighted by molar-refractivity contribution is 7.92. The van der Waals surface area contributed by atoms with Gasteiger partial charge in [-0.15, -0.1) is 5.10 Å².